The van der Waals surface area contributed by atoms with Crippen molar-refractivity contribution in [3.63, 3.8) is 0 Å². The minimum atomic E-state index is -3.10. The van der Waals surface area contributed by atoms with Gasteiger partial charge in [0.05, 0.1) is 23.7 Å². The van der Waals surface area contributed by atoms with Crippen molar-refractivity contribution in [3.05, 3.63) is 58.4 Å². The van der Waals surface area contributed by atoms with Gasteiger partial charge < -0.3 is 0 Å². The number of pyridine rings is 1. The van der Waals surface area contributed by atoms with Crippen molar-refractivity contribution in [1.29, 1.82) is 0 Å². The zero-order valence-corrected chi connectivity index (χ0v) is 17.4. The molecular formula is C20H22ClN3O3S. The normalized spacial score (nSPS) is 20.3. The van der Waals surface area contributed by atoms with Gasteiger partial charge in [-0.3, -0.25) is 14.7 Å². The summed E-state index contributed by atoms with van der Waals surface area (Å²) < 4.78 is 25.3. The maximum atomic E-state index is 12.9. The summed E-state index contributed by atoms with van der Waals surface area (Å²) in [5, 5.41) is 0.615. The lowest BCUT2D eigenvalue weighted by Crippen LogP contribution is -2.51. The highest BCUT2D eigenvalue weighted by Crippen LogP contribution is 2.38. The first kappa shape index (κ1) is 19.4. The van der Waals surface area contributed by atoms with E-state index < -0.39 is 10.0 Å². The van der Waals surface area contributed by atoms with Crippen molar-refractivity contribution in [1.82, 2.24) is 9.29 Å². The Bertz CT molecular complexity index is 1030. The molecule has 2 aliphatic rings. The molecule has 0 N–H and O–H groups in total. The Balaban J connectivity index is 1.50. The Kier molecular flexibility index (Phi) is 4.93. The first-order chi connectivity index (χ1) is 13.3. The van der Waals surface area contributed by atoms with Crippen molar-refractivity contribution in [2.45, 2.75) is 26.3 Å². The summed E-state index contributed by atoms with van der Waals surface area (Å²) in [4.78, 5) is 19.0. The van der Waals surface area contributed by atoms with Gasteiger partial charge >= 0.3 is 0 Å². The van der Waals surface area contributed by atoms with Crippen LogP contribution in [0.4, 0.5) is 5.69 Å². The number of anilines is 1. The van der Waals surface area contributed by atoms with E-state index in [4.69, 9.17) is 11.6 Å². The second kappa shape index (κ2) is 7.13. The van der Waals surface area contributed by atoms with E-state index >= 15 is 0 Å². The molecule has 6 nitrogen and oxygen atoms in total. The predicted molar refractivity (Wildman–Crippen MR) is 109 cm³/mol. The molecule has 1 amide bonds. The smallest absolute Gasteiger partial charge is 0.259 e. The third-order valence-electron chi connectivity index (χ3n) is 5.57. The van der Waals surface area contributed by atoms with Gasteiger partial charge in [0.15, 0.2) is 0 Å². The van der Waals surface area contributed by atoms with Crippen LogP contribution in [0.2, 0.25) is 5.02 Å². The van der Waals surface area contributed by atoms with Gasteiger partial charge in [0.2, 0.25) is 10.0 Å². The molecule has 2 aliphatic heterocycles. The molecule has 1 saturated heterocycles. The highest BCUT2D eigenvalue weighted by Gasteiger charge is 2.36. The molecule has 28 heavy (non-hydrogen) atoms. The Hall–Kier alpha value is -1.96. The van der Waals surface area contributed by atoms with Crippen LogP contribution in [-0.4, -0.2) is 42.5 Å². The molecule has 1 fully saturated rings. The van der Waals surface area contributed by atoms with Crippen molar-refractivity contribution in [2.24, 2.45) is 5.92 Å². The molecule has 148 valence electrons. The van der Waals surface area contributed by atoms with E-state index in [9.17, 15) is 13.2 Å². The Morgan fingerprint density at radius 2 is 1.96 bits per heavy atom. The van der Waals surface area contributed by atoms with Gasteiger partial charge in [-0.25, -0.2) is 12.7 Å². The molecule has 2 aromatic rings. The monoisotopic (exact) mass is 419 g/mol. The zero-order chi connectivity index (χ0) is 20.1. The maximum Gasteiger partial charge on any atom is 0.259 e. The fourth-order valence-corrected chi connectivity index (χ4v) is 5.39. The van der Waals surface area contributed by atoms with E-state index in [-0.39, 0.29) is 23.6 Å². The molecule has 0 radical (unpaired) electrons. The molecule has 0 saturated carbocycles. The van der Waals surface area contributed by atoms with Crippen LogP contribution in [0.15, 0.2) is 36.7 Å². The number of carbonyl (C=O) groups is 1. The summed E-state index contributed by atoms with van der Waals surface area (Å²) in [6, 6.07) is 7.20. The van der Waals surface area contributed by atoms with Gasteiger partial charge in [-0.05, 0) is 61.6 Å². The largest absolute Gasteiger partial charge is 0.300 e. The maximum absolute atomic E-state index is 12.9. The lowest BCUT2D eigenvalue weighted by molar-refractivity contribution is 0.0992. The fraction of sp³-hybridized carbons (Fsp3) is 0.400. The molecule has 0 spiro atoms. The van der Waals surface area contributed by atoms with E-state index in [1.807, 2.05) is 19.1 Å². The third kappa shape index (κ3) is 3.32. The number of sulfonamides is 1. The summed E-state index contributed by atoms with van der Waals surface area (Å²) in [5.41, 5.74) is 3.34. The summed E-state index contributed by atoms with van der Waals surface area (Å²) >= 11 is 6.10. The van der Waals surface area contributed by atoms with Crippen LogP contribution >= 0.6 is 11.6 Å². The number of nitrogens with zero attached hydrogens (tertiary/aromatic N) is 3. The molecule has 8 heteroatoms. The second-order valence-corrected chi connectivity index (χ2v) is 10.1. The third-order valence-corrected chi connectivity index (χ3v) is 7.61. The lowest BCUT2D eigenvalue weighted by atomic mass is 9.95. The van der Waals surface area contributed by atoms with E-state index in [2.05, 4.69) is 4.98 Å². The van der Waals surface area contributed by atoms with Crippen molar-refractivity contribution < 1.29 is 13.2 Å². The van der Waals surface area contributed by atoms with Crippen molar-refractivity contribution >= 4 is 33.2 Å². The van der Waals surface area contributed by atoms with Crippen LogP contribution in [0.25, 0.3) is 0 Å². The lowest BCUT2D eigenvalue weighted by Gasteiger charge is -2.38. The Morgan fingerprint density at radius 3 is 2.68 bits per heavy atom. The minimum Gasteiger partial charge on any atom is -0.300 e. The van der Waals surface area contributed by atoms with Crippen LogP contribution in [-0.2, 0) is 16.4 Å². The molecule has 3 heterocycles. The van der Waals surface area contributed by atoms with Crippen LogP contribution in [0.3, 0.4) is 0 Å². The molecule has 0 aliphatic carbocycles. The van der Waals surface area contributed by atoms with Gasteiger partial charge in [0, 0.05) is 29.9 Å². The molecule has 1 aromatic heterocycles. The number of hydrogen-bond donors (Lipinski definition) is 0. The van der Waals surface area contributed by atoms with Gasteiger partial charge in [0.1, 0.15) is 0 Å². The number of hydrogen-bond acceptors (Lipinski definition) is 4. The average molecular weight is 420 g/mol. The average Bonchev–Trinajstić information content (AvgIpc) is 2.88. The summed E-state index contributed by atoms with van der Waals surface area (Å²) in [7, 11) is -3.10. The van der Waals surface area contributed by atoms with E-state index in [1.165, 1.54) is 4.31 Å². The number of benzene rings is 1. The number of fused-ring (bicyclic) bond motifs is 1. The van der Waals surface area contributed by atoms with Crippen LogP contribution in [0.5, 0.6) is 0 Å². The highest BCUT2D eigenvalue weighted by atomic mass is 35.5. The molecule has 4 rings (SSSR count). The molecule has 0 bridgehead atoms. The van der Waals surface area contributed by atoms with Gasteiger partial charge in [0.25, 0.3) is 5.91 Å². The quantitative estimate of drug-likeness (QED) is 0.745. The summed E-state index contributed by atoms with van der Waals surface area (Å²) in [6.45, 7) is 4.73. The van der Waals surface area contributed by atoms with Crippen LogP contribution < -0.4 is 4.90 Å². The van der Waals surface area contributed by atoms with Gasteiger partial charge in [-0.15, -0.1) is 0 Å². The fourth-order valence-electron chi connectivity index (χ4n) is 3.97. The van der Waals surface area contributed by atoms with Gasteiger partial charge in [-0.2, -0.15) is 0 Å². The highest BCUT2D eigenvalue weighted by molar-refractivity contribution is 7.89. The number of halogens is 1. The van der Waals surface area contributed by atoms with E-state index in [1.54, 1.807) is 36.4 Å². The molecule has 1 atom stereocenters. The summed E-state index contributed by atoms with van der Waals surface area (Å²) in [6.07, 6.45) is 4.22. The topological polar surface area (TPSA) is 70.6 Å². The SMILES string of the molecule is CCS(=O)(=O)N1CC(Cc2cncc(N3C(=O)c4ccc(Cl)cc4[C@@H]3C)c2)C1. The van der Waals surface area contributed by atoms with Crippen molar-refractivity contribution in [3.8, 4) is 0 Å². The number of rotatable bonds is 5. The molecular weight excluding hydrogens is 398 g/mol. The summed E-state index contributed by atoms with van der Waals surface area (Å²) in [5.74, 6) is 0.360. The Morgan fingerprint density at radius 1 is 1.21 bits per heavy atom. The van der Waals surface area contributed by atoms with Crippen LogP contribution in [0, 0.1) is 5.92 Å². The number of carbonyl (C=O) groups excluding carboxylic acids is 1. The minimum absolute atomic E-state index is 0.0537. The zero-order valence-electron chi connectivity index (χ0n) is 15.8. The van der Waals surface area contributed by atoms with Crippen LogP contribution in [0.1, 0.15) is 41.4 Å². The molecule has 1 aromatic carbocycles. The van der Waals surface area contributed by atoms with Gasteiger partial charge in [-0.1, -0.05) is 11.6 Å². The predicted octanol–water partition coefficient (Wildman–Crippen LogP) is 3.28. The first-order valence-corrected chi connectivity index (χ1v) is 11.3. The number of amides is 1. The standard InChI is InChI=1S/C20H22ClN3O3S/c1-3-28(26,27)23-11-15(12-23)6-14-7-17(10-22-9-14)24-13(2)19-8-16(21)4-5-18(19)20(24)25/h4-5,7-10,13,15H,3,6,11-12H2,1-2H3/t13-/m0/s1. The van der Waals surface area contributed by atoms with Crippen molar-refractivity contribution in [2.75, 3.05) is 23.7 Å². The molecule has 0 unspecified atom stereocenters. The number of aromatic nitrogens is 1. The van der Waals surface area contributed by atoms with E-state index in [0.29, 0.717) is 23.7 Å². The first-order valence-electron chi connectivity index (χ1n) is 9.35. The van der Waals surface area contributed by atoms with E-state index in [0.717, 1.165) is 23.2 Å². The Labute approximate surface area is 170 Å². The second-order valence-electron chi connectivity index (χ2n) is 7.42.